The normalized spacial score (nSPS) is 16.3. The molecular weight excluding hydrogens is 668 g/mol. The predicted octanol–water partition coefficient (Wildman–Crippen LogP) is 6.64. The van der Waals surface area contributed by atoms with Gasteiger partial charge in [-0.15, -0.1) is 0 Å². The van der Waals surface area contributed by atoms with Crippen molar-refractivity contribution in [2.24, 2.45) is 0 Å². The van der Waals surface area contributed by atoms with Crippen LogP contribution in [0.5, 0.6) is 11.5 Å². The molecule has 0 radical (unpaired) electrons. The lowest BCUT2D eigenvalue weighted by molar-refractivity contribution is 0.0203. The standard InChI is InChI=1S/C38H52N6O8/c1-36(2,3)50-33(45)43-22-27(18-26(43)21-41(10)11)42-20-25(15-14-24-16-28(48-12)19-29(17-24)49-13)30-31(42)39-23-40-32(30)44(34(46)51-37(4,5)6)35(47)52-38(7,8)9/h16-17,19-20,23,26-27H,18,21-22H2,1-13H3. The molecule has 3 aromatic rings. The molecule has 1 aliphatic rings. The van der Waals surface area contributed by atoms with Crippen molar-refractivity contribution in [1.29, 1.82) is 0 Å². The molecule has 0 N–H and O–H groups in total. The minimum absolute atomic E-state index is 0.0633. The highest BCUT2D eigenvalue weighted by molar-refractivity contribution is 6.14. The van der Waals surface area contributed by atoms with Crippen LogP contribution in [0.25, 0.3) is 11.0 Å². The van der Waals surface area contributed by atoms with Crippen molar-refractivity contribution >= 4 is 35.1 Å². The monoisotopic (exact) mass is 720 g/mol. The fraction of sp³-hybridized carbons (Fsp3) is 0.553. The Balaban J connectivity index is 1.96. The third-order valence-electron chi connectivity index (χ3n) is 7.64. The van der Waals surface area contributed by atoms with Crippen LogP contribution in [0, 0.1) is 11.8 Å². The van der Waals surface area contributed by atoms with E-state index in [-0.39, 0.29) is 17.9 Å². The topological polar surface area (TPSA) is 138 Å². The van der Waals surface area contributed by atoms with Crippen molar-refractivity contribution in [3.05, 3.63) is 41.9 Å². The van der Waals surface area contributed by atoms with E-state index in [1.165, 1.54) is 6.33 Å². The Hall–Kier alpha value is -5.03. The van der Waals surface area contributed by atoms with Crippen molar-refractivity contribution in [1.82, 2.24) is 24.3 Å². The zero-order valence-corrected chi connectivity index (χ0v) is 32.6. The number of nitrogens with zero attached hydrogens (tertiary/aromatic N) is 6. The Bertz CT molecular complexity index is 1800. The van der Waals surface area contributed by atoms with Gasteiger partial charge >= 0.3 is 18.3 Å². The van der Waals surface area contributed by atoms with E-state index in [0.717, 1.165) is 4.90 Å². The molecule has 1 saturated heterocycles. The number of anilines is 1. The molecule has 4 rings (SSSR count). The molecule has 14 nitrogen and oxygen atoms in total. The summed E-state index contributed by atoms with van der Waals surface area (Å²) in [6.07, 6.45) is 1.29. The summed E-state index contributed by atoms with van der Waals surface area (Å²) in [6, 6.07) is 4.82. The fourth-order valence-electron chi connectivity index (χ4n) is 5.73. The SMILES string of the molecule is COc1cc(C#Cc2cn(C3CC(CN(C)C)N(C(=O)OC(C)(C)C)C3)c3ncnc(N(C(=O)OC(C)(C)C)C(=O)OC(C)(C)C)c23)cc(OC)c1. The Labute approximate surface area is 306 Å². The maximum absolute atomic E-state index is 13.8. The first kappa shape index (κ1) is 39.8. The van der Waals surface area contributed by atoms with Gasteiger partial charge in [0.25, 0.3) is 0 Å². The number of aromatic nitrogens is 3. The van der Waals surface area contributed by atoms with Crippen molar-refractivity contribution in [2.45, 2.75) is 97.6 Å². The molecule has 1 aromatic carbocycles. The lowest BCUT2D eigenvalue weighted by Gasteiger charge is -2.29. The minimum Gasteiger partial charge on any atom is -0.497 e. The number of likely N-dealkylation sites (N-methyl/N-ethyl adjacent to an activating group) is 1. The molecule has 282 valence electrons. The van der Waals surface area contributed by atoms with Crippen molar-refractivity contribution in [3.63, 3.8) is 0 Å². The van der Waals surface area contributed by atoms with E-state index in [1.807, 2.05) is 50.5 Å². The van der Waals surface area contributed by atoms with Crippen molar-refractivity contribution in [2.75, 3.05) is 46.3 Å². The van der Waals surface area contributed by atoms with Gasteiger partial charge in [-0.1, -0.05) is 11.8 Å². The number of imide groups is 1. The van der Waals surface area contributed by atoms with Crippen LogP contribution in [-0.2, 0) is 14.2 Å². The van der Waals surface area contributed by atoms with Gasteiger partial charge in [-0.3, -0.25) is 0 Å². The molecule has 2 unspecified atom stereocenters. The van der Waals surface area contributed by atoms with Crippen LogP contribution < -0.4 is 14.4 Å². The summed E-state index contributed by atoms with van der Waals surface area (Å²) < 4.78 is 30.0. The second kappa shape index (κ2) is 15.3. The van der Waals surface area contributed by atoms with E-state index >= 15 is 0 Å². The second-order valence-corrected chi connectivity index (χ2v) is 15.9. The number of hydrogen-bond acceptors (Lipinski definition) is 11. The van der Waals surface area contributed by atoms with E-state index < -0.39 is 35.1 Å². The van der Waals surface area contributed by atoms with Crippen LogP contribution in [0.2, 0.25) is 0 Å². The smallest absolute Gasteiger partial charge is 0.425 e. The van der Waals surface area contributed by atoms with Crippen LogP contribution >= 0.6 is 0 Å². The first-order valence-electron chi connectivity index (χ1n) is 17.1. The van der Waals surface area contributed by atoms with Gasteiger partial charge in [-0.2, -0.15) is 4.90 Å². The number of rotatable bonds is 6. The summed E-state index contributed by atoms with van der Waals surface area (Å²) in [5, 5.41) is 0.321. The Morgan fingerprint density at radius 1 is 0.827 bits per heavy atom. The molecule has 0 aliphatic carbocycles. The zero-order chi connectivity index (χ0) is 38.8. The Morgan fingerprint density at radius 3 is 1.88 bits per heavy atom. The summed E-state index contributed by atoms with van der Waals surface area (Å²) in [6.45, 7) is 16.6. The first-order valence-corrected chi connectivity index (χ1v) is 17.1. The van der Waals surface area contributed by atoms with Gasteiger partial charge in [0.15, 0.2) is 5.82 Å². The Kier molecular flexibility index (Phi) is 11.7. The molecule has 52 heavy (non-hydrogen) atoms. The van der Waals surface area contributed by atoms with Crippen molar-refractivity contribution in [3.8, 4) is 23.3 Å². The minimum atomic E-state index is -0.978. The third-order valence-corrected chi connectivity index (χ3v) is 7.64. The summed E-state index contributed by atoms with van der Waals surface area (Å²) in [7, 11) is 7.01. The van der Waals surface area contributed by atoms with Gasteiger partial charge in [0.05, 0.1) is 31.2 Å². The molecule has 0 bridgehead atoms. The number of carbonyl (C=O) groups is 3. The number of benzene rings is 1. The van der Waals surface area contributed by atoms with Crippen molar-refractivity contribution < 1.29 is 38.1 Å². The quantitative estimate of drug-likeness (QED) is 0.200. The lowest BCUT2D eigenvalue weighted by Crippen LogP contribution is -2.44. The first-order chi connectivity index (χ1) is 24.1. The molecule has 3 heterocycles. The van der Waals surface area contributed by atoms with Crippen LogP contribution in [0.1, 0.15) is 85.9 Å². The fourth-order valence-corrected chi connectivity index (χ4v) is 5.73. The van der Waals surface area contributed by atoms with Gasteiger partial charge in [0.2, 0.25) is 0 Å². The highest BCUT2D eigenvalue weighted by Crippen LogP contribution is 2.37. The molecular formula is C38H52N6O8. The van der Waals surface area contributed by atoms with Crippen LogP contribution in [0.15, 0.2) is 30.7 Å². The average Bonchev–Trinajstić information content (AvgIpc) is 3.58. The number of ether oxygens (including phenoxy) is 5. The molecule has 2 atom stereocenters. The maximum Gasteiger partial charge on any atom is 0.425 e. The number of fused-ring (bicyclic) bond motifs is 1. The van der Waals surface area contributed by atoms with Crippen LogP contribution in [-0.4, -0.2) is 107 Å². The molecule has 2 aromatic heterocycles. The molecule has 3 amide bonds. The zero-order valence-electron chi connectivity index (χ0n) is 32.6. The average molecular weight is 721 g/mol. The van der Waals surface area contributed by atoms with E-state index in [2.05, 4.69) is 21.8 Å². The van der Waals surface area contributed by atoms with E-state index in [1.54, 1.807) is 78.9 Å². The molecule has 14 heteroatoms. The third kappa shape index (κ3) is 10.1. The molecule has 0 saturated carbocycles. The lowest BCUT2D eigenvalue weighted by atomic mass is 10.1. The van der Waals surface area contributed by atoms with E-state index in [4.69, 9.17) is 23.7 Å². The second-order valence-electron chi connectivity index (χ2n) is 15.9. The van der Waals surface area contributed by atoms with Gasteiger partial charge < -0.3 is 38.1 Å². The summed E-state index contributed by atoms with van der Waals surface area (Å²) in [5.74, 6) is 7.44. The number of amides is 3. The predicted molar refractivity (Wildman–Crippen MR) is 197 cm³/mol. The van der Waals surface area contributed by atoms with Gasteiger partial charge in [-0.05, 0) is 95.0 Å². The van der Waals surface area contributed by atoms with Gasteiger partial charge in [0.1, 0.15) is 40.3 Å². The molecule has 1 aliphatic heterocycles. The van der Waals surface area contributed by atoms with Crippen LogP contribution in [0.4, 0.5) is 20.2 Å². The number of methoxy groups -OCH3 is 2. The summed E-state index contributed by atoms with van der Waals surface area (Å²) in [4.78, 5) is 54.8. The molecule has 0 spiro atoms. The van der Waals surface area contributed by atoms with Gasteiger partial charge in [0, 0.05) is 37.0 Å². The largest absolute Gasteiger partial charge is 0.497 e. The summed E-state index contributed by atoms with van der Waals surface area (Å²) in [5.41, 5.74) is -1.16. The highest BCUT2D eigenvalue weighted by Gasteiger charge is 2.41. The number of hydrogen-bond donors (Lipinski definition) is 0. The maximum atomic E-state index is 13.8. The summed E-state index contributed by atoms with van der Waals surface area (Å²) >= 11 is 0. The van der Waals surface area contributed by atoms with E-state index in [9.17, 15) is 14.4 Å². The van der Waals surface area contributed by atoms with Crippen LogP contribution in [0.3, 0.4) is 0 Å². The van der Waals surface area contributed by atoms with E-state index in [0.29, 0.717) is 53.2 Å². The number of carbonyl (C=O) groups excluding carboxylic acids is 3. The van der Waals surface area contributed by atoms with Gasteiger partial charge in [-0.25, -0.2) is 24.4 Å². The Morgan fingerprint density at radius 2 is 1.38 bits per heavy atom. The number of likely N-dealkylation sites (tertiary alicyclic amines) is 1. The molecule has 1 fully saturated rings. The highest BCUT2D eigenvalue weighted by atomic mass is 16.6.